The van der Waals surface area contributed by atoms with E-state index < -0.39 is 0 Å². The molecule has 0 aromatic carbocycles. The molecule has 0 rings (SSSR count). The van der Waals surface area contributed by atoms with E-state index in [1.807, 2.05) is 5.01 Å². The van der Waals surface area contributed by atoms with Gasteiger partial charge in [0.25, 0.3) is 0 Å². The summed E-state index contributed by atoms with van der Waals surface area (Å²) in [4.78, 5) is 0. The lowest BCUT2D eigenvalue weighted by Crippen LogP contribution is -2.33. The Morgan fingerprint density at radius 3 is 2.31 bits per heavy atom. The molecule has 5 N–H and O–H groups in total. The van der Waals surface area contributed by atoms with Crippen molar-refractivity contribution in [2.45, 2.75) is 45.4 Å². The van der Waals surface area contributed by atoms with Gasteiger partial charge in [0.05, 0.1) is 0 Å². The molecule has 0 fully saturated rings. The van der Waals surface area contributed by atoms with Crippen molar-refractivity contribution in [2.75, 3.05) is 32.7 Å². The van der Waals surface area contributed by atoms with Crippen molar-refractivity contribution in [3.8, 4) is 0 Å². The number of nitrogens with zero attached hydrogens (tertiary/aromatic N) is 1. The van der Waals surface area contributed by atoms with Crippen LogP contribution in [0.3, 0.4) is 0 Å². The lowest BCUT2D eigenvalue weighted by atomic mass is 10.2. The van der Waals surface area contributed by atoms with Gasteiger partial charge in [-0.05, 0) is 45.3 Å². The minimum atomic E-state index is 0.733. The van der Waals surface area contributed by atoms with Gasteiger partial charge in [-0.3, -0.25) is 5.84 Å². The van der Waals surface area contributed by atoms with Gasteiger partial charge in [0, 0.05) is 13.1 Å². The van der Waals surface area contributed by atoms with E-state index in [1.165, 1.54) is 32.1 Å². The van der Waals surface area contributed by atoms with E-state index in [0.717, 1.165) is 39.1 Å². The van der Waals surface area contributed by atoms with Crippen LogP contribution in [-0.2, 0) is 0 Å². The number of rotatable bonds is 12. The van der Waals surface area contributed by atoms with E-state index in [-0.39, 0.29) is 0 Å². The zero-order valence-electron chi connectivity index (χ0n) is 10.9. The van der Waals surface area contributed by atoms with E-state index in [1.54, 1.807) is 0 Å². The van der Waals surface area contributed by atoms with Gasteiger partial charge < -0.3 is 11.1 Å². The Morgan fingerprint density at radius 1 is 0.938 bits per heavy atom. The Hall–Kier alpha value is -0.160. The maximum absolute atomic E-state index is 5.81. The highest BCUT2D eigenvalue weighted by Crippen LogP contribution is 1.99. The Balaban J connectivity index is 3.02. The molecule has 4 nitrogen and oxygen atoms in total. The monoisotopic (exact) mass is 230 g/mol. The van der Waals surface area contributed by atoms with Crippen LogP contribution < -0.4 is 16.9 Å². The topological polar surface area (TPSA) is 67.3 Å². The molecule has 0 unspecified atom stereocenters. The molecule has 16 heavy (non-hydrogen) atoms. The minimum Gasteiger partial charge on any atom is -0.330 e. The quantitative estimate of drug-likeness (QED) is 0.266. The summed E-state index contributed by atoms with van der Waals surface area (Å²) in [5, 5.41) is 5.30. The summed E-state index contributed by atoms with van der Waals surface area (Å²) < 4.78 is 0. The second-order valence-corrected chi connectivity index (χ2v) is 4.34. The summed E-state index contributed by atoms with van der Waals surface area (Å²) in [7, 11) is 0. The molecule has 0 heterocycles. The summed E-state index contributed by atoms with van der Waals surface area (Å²) in [6.07, 6.45) is 7.30. The molecule has 0 bridgehead atoms. The summed E-state index contributed by atoms with van der Waals surface area (Å²) >= 11 is 0. The first-order valence-electron chi connectivity index (χ1n) is 6.71. The van der Waals surface area contributed by atoms with Crippen molar-refractivity contribution < 1.29 is 0 Å². The summed E-state index contributed by atoms with van der Waals surface area (Å²) in [5.74, 6) is 5.81. The molecule has 0 aliphatic heterocycles. The van der Waals surface area contributed by atoms with Crippen molar-refractivity contribution in [3.63, 3.8) is 0 Å². The summed E-state index contributed by atoms with van der Waals surface area (Å²) in [6.45, 7) is 7.17. The van der Waals surface area contributed by atoms with Crippen LogP contribution in [-0.4, -0.2) is 37.7 Å². The van der Waals surface area contributed by atoms with Gasteiger partial charge in [0.15, 0.2) is 0 Å². The fraction of sp³-hybridized carbons (Fsp3) is 1.00. The molecule has 0 saturated heterocycles. The van der Waals surface area contributed by atoms with Crippen molar-refractivity contribution in [1.82, 2.24) is 10.3 Å². The van der Waals surface area contributed by atoms with Crippen LogP contribution in [0.2, 0.25) is 0 Å². The zero-order valence-corrected chi connectivity index (χ0v) is 10.9. The first-order chi connectivity index (χ1) is 7.81. The molecule has 98 valence electrons. The molecular weight excluding hydrogens is 200 g/mol. The molecule has 0 spiro atoms. The second-order valence-electron chi connectivity index (χ2n) is 4.34. The average molecular weight is 230 g/mol. The standard InChI is InChI=1S/C12H30N4/c1-2-9-15-10-5-3-4-6-11-16(14)12-7-8-13/h15H,2-14H2,1H3. The van der Waals surface area contributed by atoms with Crippen molar-refractivity contribution in [2.24, 2.45) is 11.6 Å². The van der Waals surface area contributed by atoms with E-state index >= 15 is 0 Å². The van der Waals surface area contributed by atoms with Gasteiger partial charge in [-0.15, -0.1) is 0 Å². The van der Waals surface area contributed by atoms with Crippen LogP contribution in [0, 0.1) is 0 Å². The van der Waals surface area contributed by atoms with Gasteiger partial charge in [0.1, 0.15) is 0 Å². The van der Waals surface area contributed by atoms with Gasteiger partial charge in [0.2, 0.25) is 0 Å². The Kier molecular flexibility index (Phi) is 12.8. The molecular formula is C12H30N4. The van der Waals surface area contributed by atoms with Gasteiger partial charge in [-0.1, -0.05) is 19.8 Å². The lowest BCUT2D eigenvalue weighted by Gasteiger charge is -2.15. The second kappa shape index (κ2) is 12.9. The highest BCUT2D eigenvalue weighted by atomic mass is 15.4. The van der Waals surface area contributed by atoms with E-state index in [4.69, 9.17) is 11.6 Å². The molecule has 0 aromatic rings. The molecule has 0 saturated carbocycles. The van der Waals surface area contributed by atoms with Gasteiger partial charge in [-0.2, -0.15) is 0 Å². The van der Waals surface area contributed by atoms with Crippen LogP contribution in [0.5, 0.6) is 0 Å². The molecule has 0 aliphatic rings. The van der Waals surface area contributed by atoms with Crippen LogP contribution in [0.15, 0.2) is 0 Å². The van der Waals surface area contributed by atoms with Gasteiger partial charge >= 0.3 is 0 Å². The fourth-order valence-electron chi connectivity index (χ4n) is 1.63. The molecule has 4 heteroatoms. The predicted octanol–water partition coefficient (Wildman–Crippen LogP) is 1.07. The molecule has 0 atom stereocenters. The third-order valence-electron chi connectivity index (χ3n) is 2.63. The van der Waals surface area contributed by atoms with Crippen LogP contribution >= 0.6 is 0 Å². The highest BCUT2D eigenvalue weighted by Gasteiger charge is 1.97. The van der Waals surface area contributed by atoms with Crippen molar-refractivity contribution >= 4 is 0 Å². The smallest absolute Gasteiger partial charge is 0.0140 e. The number of unbranched alkanes of at least 4 members (excludes halogenated alkanes) is 3. The number of nitrogens with two attached hydrogens (primary N) is 2. The minimum absolute atomic E-state index is 0.733. The number of hydrazine groups is 1. The Labute approximate surface area is 101 Å². The van der Waals surface area contributed by atoms with Crippen molar-refractivity contribution in [1.29, 1.82) is 0 Å². The number of hydrogen-bond donors (Lipinski definition) is 3. The lowest BCUT2D eigenvalue weighted by molar-refractivity contribution is 0.274. The highest BCUT2D eigenvalue weighted by molar-refractivity contribution is 4.52. The van der Waals surface area contributed by atoms with Gasteiger partial charge in [-0.25, -0.2) is 5.01 Å². The number of hydrogen-bond acceptors (Lipinski definition) is 4. The Morgan fingerprint density at radius 2 is 1.62 bits per heavy atom. The molecule has 0 amide bonds. The van der Waals surface area contributed by atoms with Crippen LogP contribution in [0.1, 0.15) is 45.4 Å². The Bertz CT molecular complexity index is 130. The zero-order chi connectivity index (χ0) is 12.1. The van der Waals surface area contributed by atoms with E-state index in [2.05, 4.69) is 12.2 Å². The average Bonchev–Trinajstić information content (AvgIpc) is 2.30. The maximum Gasteiger partial charge on any atom is 0.0140 e. The molecule has 0 aromatic heterocycles. The van der Waals surface area contributed by atoms with E-state index in [9.17, 15) is 0 Å². The first kappa shape index (κ1) is 15.8. The maximum atomic E-state index is 5.81. The SMILES string of the molecule is CCCNCCCCCCN(N)CCCN. The fourth-order valence-corrected chi connectivity index (χ4v) is 1.63. The molecule has 0 radical (unpaired) electrons. The first-order valence-corrected chi connectivity index (χ1v) is 6.71. The number of nitrogens with one attached hydrogen (secondary N) is 1. The molecule has 0 aliphatic carbocycles. The van der Waals surface area contributed by atoms with Crippen LogP contribution in [0.25, 0.3) is 0 Å². The normalized spacial score (nSPS) is 11.2. The third-order valence-corrected chi connectivity index (χ3v) is 2.63. The predicted molar refractivity (Wildman–Crippen MR) is 71.1 cm³/mol. The summed E-state index contributed by atoms with van der Waals surface area (Å²) in [5.41, 5.74) is 5.42. The van der Waals surface area contributed by atoms with E-state index in [0.29, 0.717) is 0 Å². The van der Waals surface area contributed by atoms with Crippen molar-refractivity contribution in [3.05, 3.63) is 0 Å². The summed E-state index contributed by atoms with van der Waals surface area (Å²) in [6, 6.07) is 0. The largest absolute Gasteiger partial charge is 0.330 e. The van der Waals surface area contributed by atoms with Crippen LogP contribution in [0.4, 0.5) is 0 Å². The third kappa shape index (κ3) is 11.9.